The van der Waals surface area contributed by atoms with Crippen LogP contribution in [0.5, 0.6) is 0 Å². The molecule has 19 heavy (non-hydrogen) atoms. The summed E-state index contributed by atoms with van der Waals surface area (Å²) in [5.74, 6) is 0.569. The molecule has 1 rings (SSSR count). The van der Waals surface area contributed by atoms with E-state index in [9.17, 15) is 4.79 Å². The minimum Gasteiger partial charge on any atom is -0.351 e. The molecule has 0 saturated heterocycles. The van der Waals surface area contributed by atoms with Crippen molar-refractivity contribution in [2.75, 3.05) is 13.1 Å². The second-order valence-electron chi connectivity index (χ2n) is 5.40. The lowest BCUT2D eigenvalue weighted by molar-refractivity contribution is 0.0943. The zero-order valence-corrected chi connectivity index (χ0v) is 12.2. The van der Waals surface area contributed by atoms with Crippen LogP contribution in [-0.4, -0.2) is 23.6 Å². The normalized spacial score (nSPS) is 10.9. The smallest absolute Gasteiger partial charge is 0.267 e. The minimum atomic E-state index is 0.0319. The van der Waals surface area contributed by atoms with Gasteiger partial charge in [-0.2, -0.15) is 0 Å². The van der Waals surface area contributed by atoms with E-state index in [0.717, 1.165) is 51.0 Å². The lowest BCUT2D eigenvalue weighted by Crippen LogP contribution is -2.27. The van der Waals surface area contributed by atoms with Crippen LogP contribution in [0.2, 0.25) is 0 Å². The van der Waals surface area contributed by atoms with Crippen LogP contribution in [0.25, 0.3) is 0 Å². The molecule has 4 nitrogen and oxygen atoms in total. The van der Waals surface area contributed by atoms with Crippen molar-refractivity contribution in [3.05, 3.63) is 24.0 Å². The lowest BCUT2D eigenvalue weighted by Gasteiger charge is -2.11. The van der Waals surface area contributed by atoms with Gasteiger partial charge in [0.15, 0.2) is 0 Å². The highest BCUT2D eigenvalue weighted by Gasteiger charge is 2.10. The van der Waals surface area contributed by atoms with Gasteiger partial charge in [-0.3, -0.25) is 4.79 Å². The van der Waals surface area contributed by atoms with E-state index in [2.05, 4.69) is 19.2 Å². The molecule has 0 fully saturated rings. The average molecular weight is 265 g/mol. The van der Waals surface area contributed by atoms with Crippen molar-refractivity contribution in [1.29, 1.82) is 0 Å². The Labute approximate surface area is 116 Å². The number of unbranched alkanes of at least 4 members (excludes halogenated alkanes) is 3. The zero-order chi connectivity index (χ0) is 14.1. The first-order valence-electron chi connectivity index (χ1n) is 7.28. The topological polar surface area (TPSA) is 60.0 Å². The molecule has 0 radical (unpaired) electrons. The summed E-state index contributed by atoms with van der Waals surface area (Å²) in [7, 11) is 0. The van der Waals surface area contributed by atoms with Crippen LogP contribution in [0.15, 0.2) is 18.3 Å². The summed E-state index contributed by atoms with van der Waals surface area (Å²) in [6, 6.07) is 3.81. The molecule has 0 saturated carbocycles. The number of nitrogens with zero attached hydrogens (tertiary/aromatic N) is 1. The van der Waals surface area contributed by atoms with Gasteiger partial charge < -0.3 is 15.6 Å². The van der Waals surface area contributed by atoms with Gasteiger partial charge in [-0.1, -0.05) is 26.7 Å². The van der Waals surface area contributed by atoms with E-state index in [0.29, 0.717) is 5.92 Å². The molecule has 1 heterocycles. The van der Waals surface area contributed by atoms with Crippen LogP contribution >= 0.6 is 0 Å². The Kier molecular flexibility index (Phi) is 7.26. The highest BCUT2D eigenvalue weighted by molar-refractivity contribution is 5.92. The largest absolute Gasteiger partial charge is 0.351 e. The monoisotopic (exact) mass is 265 g/mol. The summed E-state index contributed by atoms with van der Waals surface area (Å²) in [5.41, 5.74) is 6.20. The van der Waals surface area contributed by atoms with Gasteiger partial charge in [0.25, 0.3) is 5.91 Å². The third-order valence-electron chi connectivity index (χ3n) is 3.04. The first-order valence-corrected chi connectivity index (χ1v) is 7.28. The third kappa shape index (κ3) is 5.92. The van der Waals surface area contributed by atoms with Crippen molar-refractivity contribution in [3.63, 3.8) is 0 Å². The lowest BCUT2D eigenvalue weighted by atomic mass is 10.2. The molecule has 0 aromatic carbocycles. The molecular weight excluding hydrogens is 238 g/mol. The van der Waals surface area contributed by atoms with Crippen LogP contribution in [0.4, 0.5) is 0 Å². The first-order chi connectivity index (χ1) is 9.15. The Morgan fingerprint density at radius 3 is 2.74 bits per heavy atom. The third-order valence-corrected chi connectivity index (χ3v) is 3.04. The number of carbonyl (C=O) groups is 1. The number of nitrogens with two attached hydrogens (primary N) is 1. The molecule has 0 spiro atoms. The van der Waals surface area contributed by atoms with Crippen molar-refractivity contribution < 1.29 is 4.79 Å². The fraction of sp³-hybridized carbons (Fsp3) is 0.667. The Balaban J connectivity index is 2.31. The predicted molar refractivity (Wildman–Crippen MR) is 79.1 cm³/mol. The van der Waals surface area contributed by atoms with E-state index >= 15 is 0 Å². The SMILES string of the molecule is CC(C)Cn1cccc1C(=O)NCCCCCCN. The van der Waals surface area contributed by atoms with Crippen LogP contribution in [0.1, 0.15) is 50.0 Å². The van der Waals surface area contributed by atoms with E-state index in [4.69, 9.17) is 5.73 Å². The van der Waals surface area contributed by atoms with Crippen molar-refractivity contribution in [3.8, 4) is 0 Å². The standard InChI is InChI=1S/C15H27N3O/c1-13(2)12-18-11-7-8-14(18)15(19)17-10-6-4-3-5-9-16/h7-8,11,13H,3-6,9-10,12,16H2,1-2H3,(H,17,19). The number of carbonyl (C=O) groups excluding carboxylic acids is 1. The molecular formula is C15H27N3O. The number of hydrogen-bond donors (Lipinski definition) is 2. The molecule has 1 amide bonds. The van der Waals surface area contributed by atoms with Gasteiger partial charge in [0.05, 0.1) is 0 Å². The number of aromatic nitrogens is 1. The average Bonchev–Trinajstić information content (AvgIpc) is 2.80. The summed E-state index contributed by atoms with van der Waals surface area (Å²) in [6.45, 7) is 6.69. The van der Waals surface area contributed by atoms with Gasteiger partial charge in [0, 0.05) is 19.3 Å². The zero-order valence-electron chi connectivity index (χ0n) is 12.2. The van der Waals surface area contributed by atoms with Gasteiger partial charge in [-0.25, -0.2) is 0 Å². The summed E-state index contributed by atoms with van der Waals surface area (Å²) in [4.78, 5) is 12.0. The second-order valence-corrected chi connectivity index (χ2v) is 5.40. The molecule has 0 aliphatic rings. The van der Waals surface area contributed by atoms with Crippen molar-refractivity contribution in [2.45, 2.75) is 46.1 Å². The second kappa shape index (κ2) is 8.75. The van der Waals surface area contributed by atoms with Crippen molar-refractivity contribution in [1.82, 2.24) is 9.88 Å². The fourth-order valence-electron chi connectivity index (χ4n) is 2.09. The molecule has 4 heteroatoms. The molecule has 0 atom stereocenters. The Bertz CT molecular complexity index is 371. The van der Waals surface area contributed by atoms with Crippen LogP contribution in [0, 0.1) is 5.92 Å². The Morgan fingerprint density at radius 2 is 2.05 bits per heavy atom. The van der Waals surface area contributed by atoms with E-state index < -0.39 is 0 Å². The molecule has 0 bridgehead atoms. The quantitative estimate of drug-likeness (QED) is 0.674. The minimum absolute atomic E-state index is 0.0319. The molecule has 0 unspecified atom stereocenters. The number of nitrogens with one attached hydrogen (secondary N) is 1. The van der Waals surface area contributed by atoms with E-state index in [1.54, 1.807) is 0 Å². The maximum Gasteiger partial charge on any atom is 0.267 e. The molecule has 1 aromatic heterocycles. The van der Waals surface area contributed by atoms with Gasteiger partial charge in [-0.05, 0) is 37.4 Å². The summed E-state index contributed by atoms with van der Waals surface area (Å²) < 4.78 is 2.02. The highest BCUT2D eigenvalue weighted by Crippen LogP contribution is 2.07. The van der Waals surface area contributed by atoms with Crippen LogP contribution in [-0.2, 0) is 6.54 Å². The summed E-state index contributed by atoms with van der Waals surface area (Å²) in [6.07, 6.45) is 6.35. The Morgan fingerprint density at radius 1 is 1.32 bits per heavy atom. The summed E-state index contributed by atoms with van der Waals surface area (Å²) in [5, 5.41) is 2.98. The predicted octanol–water partition coefficient (Wildman–Crippen LogP) is 2.39. The number of amides is 1. The van der Waals surface area contributed by atoms with E-state index in [1.165, 1.54) is 0 Å². The molecule has 0 aliphatic heterocycles. The van der Waals surface area contributed by atoms with Crippen LogP contribution in [0.3, 0.4) is 0 Å². The highest BCUT2D eigenvalue weighted by atomic mass is 16.1. The number of rotatable bonds is 9. The number of hydrogen-bond acceptors (Lipinski definition) is 2. The molecule has 1 aromatic rings. The molecule has 0 aliphatic carbocycles. The van der Waals surface area contributed by atoms with Crippen molar-refractivity contribution >= 4 is 5.91 Å². The Hall–Kier alpha value is -1.29. The van der Waals surface area contributed by atoms with E-state index in [-0.39, 0.29) is 5.91 Å². The van der Waals surface area contributed by atoms with Gasteiger partial charge in [0.2, 0.25) is 0 Å². The maximum atomic E-state index is 12.0. The van der Waals surface area contributed by atoms with E-state index in [1.807, 2.05) is 22.9 Å². The van der Waals surface area contributed by atoms with Gasteiger partial charge in [0.1, 0.15) is 5.69 Å². The fourth-order valence-corrected chi connectivity index (χ4v) is 2.09. The summed E-state index contributed by atoms with van der Waals surface area (Å²) >= 11 is 0. The molecule has 108 valence electrons. The maximum absolute atomic E-state index is 12.0. The molecule has 3 N–H and O–H groups in total. The van der Waals surface area contributed by atoms with Crippen molar-refractivity contribution in [2.24, 2.45) is 11.7 Å². The first kappa shape index (κ1) is 15.8. The van der Waals surface area contributed by atoms with Gasteiger partial charge in [-0.15, -0.1) is 0 Å². The van der Waals surface area contributed by atoms with Crippen LogP contribution < -0.4 is 11.1 Å². The van der Waals surface area contributed by atoms with Gasteiger partial charge >= 0.3 is 0 Å².